The molecule has 1 heterocycles. The maximum atomic E-state index is 13.2. The van der Waals surface area contributed by atoms with Crippen LogP contribution in [0.4, 0.5) is 4.39 Å². The molecule has 0 bridgehead atoms. The van der Waals surface area contributed by atoms with E-state index in [0.717, 1.165) is 10.9 Å². The molecular weight excluding hydrogens is 203 g/mol. The van der Waals surface area contributed by atoms with Crippen LogP contribution >= 0.6 is 11.6 Å². The summed E-state index contributed by atoms with van der Waals surface area (Å²) < 4.78 is 18.4. The third-order valence-electron chi connectivity index (χ3n) is 2.31. The average molecular weight is 213 g/mol. The molecule has 14 heavy (non-hydrogen) atoms. The average Bonchev–Trinajstić information content (AvgIpc) is 2.48. The van der Waals surface area contributed by atoms with E-state index in [9.17, 15) is 4.39 Å². The Balaban J connectivity index is 2.74. The zero-order chi connectivity index (χ0) is 10.3. The highest BCUT2D eigenvalue weighted by Gasteiger charge is 2.12. The van der Waals surface area contributed by atoms with Crippen molar-refractivity contribution in [2.45, 2.75) is 19.2 Å². The normalized spacial score (nSPS) is 13.4. The van der Waals surface area contributed by atoms with Crippen LogP contribution in [0, 0.1) is 12.7 Å². The number of hydrogen-bond donors (Lipinski definition) is 0. The molecule has 1 unspecified atom stereocenters. The summed E-state index contributed by atoms with van der Waals surface area (Å²) in [5.74, 6) is -0.249. The first-order valence-corrected chi connectivity index (χ1v) is 4.84. The minimum Gasteiger partial charge on any atom is -0.464 e. The van der Waals surface area contributed by atoms with Crippen LogP contribution in [0.5, 0.6) is 0 Å². The number of fused-ring (bicyclic) bond motifs is 1. The van der Waals surface area contributed by atoms with Gasteiger partial charge >= 0.3 is 0 Å². The molecule has 0 aliphatic heterocycles. The Kier molecular flexibility index (Phi) is 2.23. The largest absolute Gasteiger partial charge is 0.464 e. The van der Waals surface area contributed by atoms with Crippen LogP contribution in [-0.2, 0) is 0 Å². The van der Waals surface area contributed by atoms with Crippen LogP contribution in [0.1, 0.15) is 23.4 Å². The molecule has 0 spiro atoms. The first-order chi connectivity index (χ1) is 6.59. The summed E-state index contributed by atoms with van der Waals surface area (Å²) in [5.41, 5.74) is 2.07. The summed E-state index contributed by atoms with van der Waals surface area (Å²) in [6.07, 6.45) is 1.58. The van der Waals surface area contributed by atoms with Gasteiger partial charge < -0.3 is 4.42 Å². The standard InChI is InChI=1S/C11H10ClFO/c1-6-3-8-9(7(2)12)5-14-11(8)4-10(6)13/h3-5,7H,1-2H3. The number of benzene rings is 1. The van der Waals surface area contributed by atoms with E-state index in [0.29, 0.717) is 11.1 Å². The Morgan fingerprint density at radius 2 is 2.14 bits per heavy atom. The monoisotopic (exact) mass is 212 g/mol. The molecule has 2 rings (SSSR count). The van der Waals surface area contributed by atoms with Gasteiger partial charge in [0, 0.05) is 17.0 Å². The van der Waals surface area contributed by atoms with Gasteiger partial charge in [0.15, 0.2) is 0 Å². The van der Waals surface area contributed by atoms with Gasteiger partial charge in [0.05, 0.1) is 11.6 Å². The van der Waals surface area contributed by atoms with Crippen molar-refractivity contribution in [3.8, 4) is 0 Å². The van der Waals surface area contributed by atoms with E-state index in [2.05, 4.69) is 0 Å². The Morgan fingerprint density at radius 3 is 2.79 bits per heavy atom. The number of halogens is 2. The molecule has 1 atom stereocenters. The summed E-state index contributed by atoms with van der Waals surface area (Å²) in [6.45, 7) is 3.59. The highest BCUT2D eigenvalue weighted by molar-refractivity contribution is 6.21. The lowest BCUT2D eigenvalue weighted by Crippen LogP contribution is -1.84. The summed E-state index contributed by atoms with van der Waals surface area (Å²) in [7, 11) is 0. The molecule has 0 saturated heterocycles. The van der Waals surface area contributed by atoms with Crippen molar-refractivity contribution in [3.05, 3.63) is 35.3 Å². The van der Waals surface area contributed by atoms with Gasteiger partial charge in [-0.1, -0.05) is 0 Å². The molecule has 0 saturated carbocycles. The maximum Gasteiger partial charge on any atom is 0.137 e. The Labute approximate surface area is 86.5 Å². The third-order valence-corrected chi connectivity index (χ3v) is 2.55. The summed E-state index contributed by atoms with van der Waals surface area (Å²) in [4.78, 5) is 0. The van der Waals surface area contributed by atoms with Crippen LogP contribution in [-0.4, -0.2) is 0 Å². The topological polar surface area (TPSA) is 13.1 Å². The van der Waals surface area contributed by atoms with Gasteiger partial charge in [0.2, 0.25) is 0 Å². The van der Waals surface area contributed by atoms with Crippen molar-refractivity contribution in [1.29, 1.82) is 0 Å². The number of rotatable bonds is 1. The van der Waals surface area contributed by atoms with Crippen molar-refractivity contribution in [2.75, 3.05) is 0 Å². The van der Waals surface area contributed by atoms with E-state index in [1.165, 1.54) is 6.07 Å². The Bertz CT molecular complexity index is 473. The van der Waals surface area contributed by atoms with Crippen LogP contribution in [0.15, 0.2) is 22.8 Å². The van der Waals surface area contributed by atoms with E-state index in [-0.39, 0.29) is 11.2 Å². The SMILES string of the molecule is Cc1cc2c(C(C)Cl)coc2cc1F. The second kappa shape index (κ2) is 3.28. The van der Waals surface area contributed by atoms with Gasteiger partial charge in [-0.25, -0.2) is 4.39 Å². The molecular formula is C11H10ClFO. The fourth-order valence-corrected chi connectivity index (χ4v) is 1.65. The van der Waals surface area contributed by atoms with Crippen molar-refractivity contribution < 1.29 is 8.81 Å². The van der Waals surface area contributed by atoms with Gasteiger partial charge in [-0.15, -0.1) is 11.6 Å². The zero-order valence-electron chi connectivity index (χ0n) is 7.97. The minimum atomic E-state index is -0.249. The first-order valence-electron chi connectivity index (χ1n) is 4.41. The Morgan fingerprint density at radius 1 is 1.43 bits per heavy atom. The second-order valence-corrected chi connectivity index (χ2v) is 4.06. The lowest BCUT2D eigenvalue weighted by atomic mass is 10.1. The van der Waals surface area contributed by atoms with Gasteiger partial charge in [-0.2, -0.15) is 0 Å². The summed E-state index contributed by atoms with van der Waals surface area (Å²) in [6, 6.07) is 3.16. The summed E-state index contributed by atoms with van der Waals surface area (Å²) in [5, 5.41) is 0.771. The molecule has 0 amide bonds. The highest BCUT2D eigenvalue weighted by atomic mass is 35.5. The molecule has 1 nitrogen and oxygen atoms in total. The zero-order valence-corrected chi connectivity index (χ0v) is 8.73. The van der Waals surface area contributed by atoms with Crippen LogP contribution in [0.2, 0.25) is 0 Å². The molecule has 0 fully saturated rings. The Hall–Kier alpha value is -1.02. The third kappa shape index (κ3) is 1.40. The minimum absolute atomic E-state index is 0.124. The molecule has 1 aromatic carbocycles. The summed E-state index contributed by atoms with van der Waals surface area (Å²) >= 11 is 5.96. The quantitative estimate of drug-likeness (QED) is 0.647. The van der Waals surface area contributed by atoms with Gasteiger partial charge in [-0.05, 0) is 25.5 Å². The predicted molar refractivity (Wildman–Crippen MR) is 55.2 cm³/mol. The lowest BCUT2D eigenvalue weighted by molar-refractivity contribution is 0.592. The molecule has 0 aliphatic rings. The van der Waals surface area contributed by atoms with Crippen molar-refractivity contribution in [3.63, 3.8) is 0 Å². The van der Waals surface area contributed by atoms with Gasteiger partial charge in [-0.3, -0.25) is 0 Å². The molecule has 3 heteroatoms. The fourth-order valence-electron chi connectivity index (χ4n) is 1.48. The van der Waals surface area contributed by atoms with Crippen molar-refractivity contribution in [2.24, 2.45) is 0 Å². The number of furan rings is 1. The molecule has 1 aromatic heterocycles. The number of alkyl halides is 1. The lowest BCUT2D eigenvalue weighted by Gasteiger charge is -2.00. The van der Waals surface area contributed by atoms with Crippen molar-refractivity contribution in [1.82, 2.24) is 0 Å². The fraction of sp³-hybridized carbons (Fsp3) is 0.273. The first kappa shape index (κ1) is 9.53. The molecule has 0 radical (unpaired) electrons. The van der Waals surface area contributed by atoms with E-state index in [1.807, 2.05) is 6.92 Å². The number of aryl methyl sites for hydroxylation is 1. The predicted octanol–water partition coefficient (Wildman–Crippen LogP) is 4.18. The van der Waals surface area contributed by atoms with Crippen LogP contribution < -0.4 is 0 Å². The smallest absolute Gasteiger partial charge is 0.137 e. The van der Waals surface area contributed by atoms with Gasteiger partial charge in [0.1, 0.15) is 11.4 Å². The van der Waals surface area contributed by atoms with E-state index < -0.39 is 0 Å². The van der Waals surface area contributed by atoms with Crippen molar-refractivity contribution >= 4 is 22.6 Å². The molecule has 2 aromatic rings. The molecule has 0 aliphatic carbocycles. The maximum absolute atomic E-state index is 13.2. The van der Waals surface area contributed by atoms with Crippen LogP contribution in [0.25, 0.3) is 11.0 Å². The number of hydrogen-bond acceptors (Lipinski definition) is 1. The highest BCUT2D eigenvalue weighted by Crippen LogP contribution is 2.31. The van der Waals surface area contributed by atoms with Gasteiger partial charge in [0.25, 0.3) is 0 Å². The molecule has 0 N–H and O–H groups in total. The van der Waals surface area contributed by atoms with Crippen LogP contribution in [0.3, 0.4) is 0 Å². The van der Waals surface area contributed by atoms with E-state index in [1.54, 1.807) is 19.3 Å². The second-order valence-electron chi connectivity index (χ2n) is 3.40. The van der Waals surface area contributed by atoms with E-state index in [4.69, 9.17) is 16.0 Å². The van der Waals surface area contributed by atoms with E-state index >= 15 is 0 Å². The molecule has 74 valence electrons.